The van der Waals surface area contributed by atoms with Crippen LogP contribution in [0.2, 0.25) is 0 Å². The van der Waals surface area contributed by atoms with Crippen molar-refractivity contribution in [2.75, 3.05) is 12.3 Å². The van der Waals surface area contributed by atoms with Crippen molar-refractivity contribution in [2.45, 2.75) is 51.6 Å². The number of nitrogen functional groups attached to an aromatic ring is 1. The molecule has 3 unspecified atom stereocenters. The van der Waals surface area contributed by atoms with E-state index in [4.69, 9.17) is 5.73 Å². The Morgan fingerprint density at radius 1 is 1.40 bits per heavy atom. The minimum Gasteiger partial charge on any atom is -0.382 e. The minimum atomic E-state index is 0.192. The van der Waals surface area contributed by atoms with Gasteiger partial charge in [0.1, 0.15) is 12.4 Å². The fourth-order valence-corrected chi connectivity index (χ4v) is 3.92. The van der Waals surface area contributed by atoms with E-state index in [2.05, 4.69) is 16.9 Å². The summed E-state index contributed by atoms with van der Waals surface area (Å²) >= 11 is 0. The van der Waals surface area contributed by atoms with Crippen molar-refractivity contribution in [3.8, 4) is 0 Å². The summed E-state index contributed by atoms with van der Waals surface area (Å²) in [6.45, 7) is 3.56. The van der Waals surface area contributed by atoms with Crippen LogP contribution in [0.4, 0.5) is 5.82 Å². The molecule has 1 aliphatic heterocycles. The summed E-state index contributed by atoms with van der Waals surface area (Å²) in [7, 11) is 0. The second-order valence-corrected chi connectivity index (χ2v) is 6.31. The van der Waals surface area contributed by atoms with Gasteiger partial charge in [-0.05, 0) is 37.2 Å². The fraction of sp³-hybridized carbons (Fsp3) is 0.733. The summed E-state index contributed by atoms with van der Waals surface area (Å²) in [6.07, 6.45) is 7.94. The van der Waals surface area contributed by atoms with E-state index in [9.17, 15) is 4.79 Å². The molecule has 3 atom stereocenters. The molecule has 110 valence electrons. The number of nitrogens with two attached hydrogens (primary N) is 1. The molecule has 1 saturated heterocycles. The zero-order chi connectivity index (χ0) is 14.1. The number of carbonyl (C=O) groups is 1. The third kappa shape index (κ3) is 2.53. The Labute approximate surface area is 120 Å². The molecule has 1 aliphatic carbocycles. The first kappa shape index (κ1) is 13.5. The van der Waals surface area contributed by atoms with E-state index in [0.29, 0.717) is 24.3 Å². The molecule has 1 aromatic heterocycles. The average molecular weight is 276 g/mol. The van der Waals surface area contributed by atoms with Gasteiger partial charge in [-0.3, -0.25) is 9.48 Å². The van der Waals surface area contributed by atoms with Crippen LogP contribution in [0.15, 0.2) is 12.3 Å². The van der Waals surface area contributed by atoms with Gasteiger partial charge in [-0.15, -0.1) is 0 Å². The van der Waals surface area contributed by atoms with E-state index in [1.165, 1.54) is 25.7 Å². The Hall–Kier alpha value is -1.52. The molecule has 20 heavy (non-hydrogen) atoms. The van der Waals surface area contributed by atoms with Crippen molar-refractivity contribution in [3.63, 3.8) is 0 Å². The summed E-state index contributed by atoms with van der Waals surface area (Å²) in [5.74, 6) is 2.12. The lowest BCUT2D eigenvalue weighted by Gasteiger charge is -2.47. The predicted molar refractivity (Wildman–Crippen MR) is 77.9 cm³/mol. The van der Waals surface area contributed by atoms with Crippen molar-refractivity contribution in [2.24, 2.45) is 11.8 Å². The second-order valence-electron chi connectivity index (χ2n) is 6.31. The minimum absolute atomic E-state index is 0.192. The molecule has 2 heterocycles. The standard InChI is InChI=1S/C15H24N4O/c1-11-6-9-19(13-5-3-2-4-12(11)13)15(20)10-18-8-7-14(16)17-18/h7-8,11-13H,2-6,9-10H2,1H3,(H2,16,17). The third-order valence-corrected chi connectivity index (χ3v) is 5.02. The highest BCUT2D eigenvalue weighted by atomic mass is 16.2. The van der Waals surface area contributed by atoms with Gasteiger partial charge in [0.05, 0.1) is 0 Å². The highest BCUT2D eigenvalue weighted by Crippen LogP contribution is 2.38. The van der Waals surface area contributed by atoms with Crippen molar-refractivity contribution < 1.29 is 4.79 Å². The van der Waals surface area contributed by atoms with Crippen molar-refractivity contribution in [1.82, 2.24) is 14.7 Å². The van der Waals surface area contributed by atoms with Gasteiger partial charge in [0.15, 0.2) is 0 Å². The van der Waals surface area contributed by atoms with Gasteiger partial charge < -0.3 is 10.6 Å². The van der Waals surface area contributed by atoms with Crippen LogP contribution in [0.1, 0.15) is 39.0 Å². The second kappa shape index (κ2) is 5.46. The van der Waals surface area contributed by atoms with Crippen LogP contribution in [-0.2, 0) is 11.3 Å². The van der Waals surface area contributed by atoms with E-state index < -0.39 is 0 Å². The predicted octanol–water partition coefficient (Wildman–Crippen LogP) is 1.89. The summed E-state index contributed by atoms with van der Waals surface area (Å²) < 4.78 is 1.65. The van der Waals surface area contributed by atoms with Crippen LogP contribution >= 0.6 is 0 Å². The normalized spacial score (nSPS) is 30.1. The molecule has 0 bridgehead atoms. The molecule has 5 heteroatoms. The first-order valence-corrected chi connectivity index (χ1v) is 7.73. The van der Waals surface area contributed by atoms with E-state index in [0.717, 1.165) is 18.9 Å². The van der Waals surface area contributed by atoms with Crippen LogP contribution < -0.4 is 5.73 Å². The van der Waals surface area contributed by atoms with Gasteiger partial charge in [-0.1, -0.05) is 19.8 Å². The first-order chi connectivity index (χ1) is 9.65. The van der Waals surface area contributed by atoms with Crippen molar-refractivity contribution in [1.29, 1.82) is 0 Å². The topological polar surface area (TPSA) is 64.2 Å². The number of hydrogen-bond donors (Lipinski definition) is 1. The molecule has 3 rings (SSSR count). The van der Waals surface area contributed by atoms with Gasteiger partial charge in [0.2, 0.25) is 5.91 Å². The Kier molecular flexibility index (Phi) is 3.68. The molecule has 1 saturated carbocycles. The Balaban J connectivity index is 1.70. The van der Waals surface area contributed by atoms with Gasteiger partial charge in [-0.2, -0.15) is 5.10 Å². The van der Waals surface area contributed by atoms with E-state index in [1.54, 1.807) is 16.9 Å². The lowest BCUT2D eigenvalue weighted by atomic mass is 9.72. The molecular weight excluding hydrogens is 252 g/mol. The molecule has 1 aromatic rings. The number of anilines is 1. The number of likely N-dealkylation sites (tertiary alicyclic amines) is 1. The Morgan fingerprint density at radius 3 is 2.95 bits per heavy atom. The quantitative estimate of drug-likeness (QED) is 0.897. The largest absolute Gasteiger partial charge is 0.382 e. The average Bonchev–Trinajstić information content (AvgIpc) is 2.84. The van der Waals surface area contributed by atoms with Gasteiger partial charge in [0, 0.05) is 18.8 Å². The molecule has 0 radical (unpaired) electrons. The highest BCUT2D eigenvalue weighted by Gasteiger charge is 2.39. The van der Waals surface area contributed by atoms with Crippen molar-refractivity contribution in [3.05, 3.63) is 12.3 Å². The maximum absolute atomic E-state index is 12.6. The zero-order valence-electron chi connectivity index (χ0n) is 12.2. The molecular formula is C15H24N4O. The molecule has 1 amide bonds. The summed E-state index contributed by atoms with van der Waals surface area (Å²) in [6, 6.07) is 2.18. The van der Waals surface area contributed by atoms with E-state index >= 15 is 0 Å². The van der Waals surface area contributed by atoms with Crippen LogP contribution in [0.5, 0.6) is 0 Å². The molecule has 2 N–H and O–H groups in total. The number of fused-ring (bicyclic) bond motifs is 1. The Bertz CT molecular complexity index is 484. The fourth-order valence-electron chi connectivity index (χ4n) is 3.92. The lowest BCUT2D eigenvalue weighted by molar-refractivity contribution is -0.139. The summed E-state index contributed by atoms with van der Waals surface area (Å²) in [5.41, 5.74) is 5.60. The maximum Gasteiger partial charge on any atom is 0.244 e. The highest BCUT2D eigenvalue weighted by molar-refractivity contribution is 5.76. The van der Waals surface area contributed by atoms with E-state index in [-0.39, 0.29) is 5.91 Å². The maximum atomic E-state index is 12.6. The number of nitrogens with zero attached hydrogens (tertiary/aromatic N) is 3. The van der Waals surface area contributed by atoms with Crippen molar-refractivity contribution >= 4 is 11.7 Å². The summed E-state index contributed by atoms with van der Waals surface area (Å²) in [4.78, 5) is 14.7. The SMILES string of the molecule is CC1CCN(C(=O)Cn2ccc(N)n2)C2CCCCC12. The number of carbonyl (C=O) groups excluding carboxylic acids is 1. The zero-order valence-corrected chi connectivity index (χ0v) is 12.2. The van der Waals surface area contributed by atoms with Crippen LogP contribution in [0, 0.1) is 11.8 Å². The first-order valence-electron chi connectivity index (χ1n) is 7.73. The molecule has 0 spiro atoms. The summed E-state index contributed by atoms with van der Waals surface area (Å²) in [5, 5.41) is 4.11. The lowest BCUT2D eigenvalue weighted by Crippen LogP contribution is -2.53. The van der Waals surface area contributed by atoms with Crippen LogP contribution in [0.3, 0.4) is 0 Å². The van der Waals surface area contributed by atoms with Gasteiger partial charge >= 0.3 is 0 Å². The molecule has 5 nitrogen and oxygen atoms in total. The van der Waals surface area contributed by atoms with Crippen LogP contribution in [0.25, 0.3) is 0 Å². The number of amides is 1. The number of hydrogen-bond acceptors (Lipinski definition) is 3. The van der Waals surface area contributed by atoms with Gasteiger partial charge in [0.25, 0.3) is 0 Å². The number of aromatic nitrogens is 2. The third-order valence-electron chi connectivity index (χ3n) is 5.02. The smallest absolute Gasteiger partial charge is 0.244 e. The number of rotatable bonds is 2. The van der Waals surface area contributed by atoms with Crippen LogP contribution in [-0.4, -0.2) is 33.2 Å². The van der Waals surface area contributed by atoms with E-state index in [1.807, 2.05) is 0 Å². The van der Waals surface area contributed by atoms with Gasteiger partial charge in [-0.25, -0.2) is 0 Å². The monoisotopic (exact) mass is 276 g/mol. The molecule has 0 aromatic carbocycles. The Morgan fingerprint density at radius 2 is 2.20 bits per heavy atom. The molecule has 2 aliphatic rings. The molecule has 2 fully saturated rings. The number of piperidine rings is 1.